The number of para-hydroxylation sites is 2. The minimum atomic E-state index is -3.79. The Kier molecular flexibility index (Phi) is 5.49. The van der Waals surface area contributed by atoms with Gasteiger partial charge in [0, 0.05) is 5.56 Å². The fraction of sp³-hybridized carbons (Fsp3) is 0.0455. The summed E-state index contributed by atoms with van der Waals surface area (Å²) in [4.78, 5) is 21.3. The Morgan fingerprint density at radius 2 is 1.90 bits per heavy atom. The van der Waals surface area contributed by atoms with E-state index in [0.29, 0.717) is 11.5 Å². The summed E-state index contributed by atoms with van der Waals surface area (Å²) in [6, 6.07) is 16.9. The lowest BCUT2D eigenvalue weighted by Crippen LogP contribution is -2.24. The number of hydrogen-bond acceptors (Lipinski definition) is 5. The maximum absolute atomic E-state index is 12.6. The van der Waals surface area contributed by atoms with E-state index in [9.17, 15) is 13.2 Å². The molecule has 0 saturated heterocycles. The first-order valence-electron chi connectivity index (χ1n) is 9.21. The van der Waals surface area contributed by atoms with E-state index in [0.717, 1.165) is 11.0 Å². The first kappa shape index (κ1) is 20.3. The summed E-state index contributed by atoms with van der Waals surface area (Å²) in [6.45, 7) is -0.136. The smallest absolute Gasteiger partial charge is 0.255 e. The van der Waals surface area contributed by atoms with Crippen LogP contribution in [0.1, 0.15) is 10.4 Å². The topological polar surface area (TPSA) is 106 Å². The molecule has 0 fully saturated rings. The van der Waals surface area contributed by atoms with Gasteiger partial charge >= 0.3 is 0 Å². The quantitative estimate of drug-likeness (QED) is 0.457. The minimum absolute atomic E-state index is 0.0455. The number of sulfonamides is 1. The molecule has 4 rings (SSSR count). The van der Waals surface area contributed by atoms with Crippen LogP contribution in [0, 0.1) is 12.3 Å². The van der Waals surface area contributed by atoms with Crippen LogP contribution in [0.25, 0.3) is 16.9 Å². The SMILES string of the molecule is C#CCNS(=O)(=O)c1cccc(C(=O)Nc2ccc(-n3cnc4ccccc43)nc2)c1. The molecular formula is C22H17N5O3S. The highest BCUT2D eigenvalue weighted by atomic mass is 32.2. The van der Waals surface area contributed by atoms with Crippen molar-refractivity contribution in [3.8, 4) is 18.2 Å². The molecule has 0 aliphatic carbocycles. The van der Waals surface area contributed by atoms with Crippen molar-refractivity contribution in [3.63, 3.8) is 0 Å². The lowest BCUT2D eigenvalue weighted by molar-refractivity contribution is 0.102. The van der Waals surface area contributed by atoms with Crippen molar-refractivity contribution >= 4 is 32.7 Å². The number of imidazole rings is 1. The molecule has 9 heteroatoms. The zero-order valence-corrected chi connectivity index (χ0v) is 17.0. The molecular weight excluding hydrogens is 414 g/mol. The second-order valence-electron chi connectivity index (χ2n) is 6.52. The van der Waals surface area contributed by atoms with Gasteiger partial charge in [0.1, 0.15) is 12.1 Å². The molecule has 31 heavy (non-hydrogen) atoms. The zero-order valence-electron chi connectivity index (χ0n) is 16.2. The number of carbonyl (C=O) groups excluding carboxylic acids is 1. The van der Waals surface area contributed by atoms with Crippen molar-refractivity contribution in [1.29, 1.82) is 0 Å². The van der Waals surface area contributed by atoms with Gasteiger partial charge in [-0.3, -0.25) is 9.36 Å². The summed E-state index contributed by atoms with van der Waals surface area (Å²) >= 11 is 0. The van der Waals surface area contributed by atoms with E-state index >= 15 is 0 Å². The van der Waals surface area contributed by atoms with E-state index in [4.69, 9.17) is 6.42 Å². The second-order valence-corrected chi connectivity index (χ2v) is 8.29. The molecule has 0 aliphatic rings. The number of benzene rings is 2. The summed E-state index contributed by atoms with van der Waals surface area (Å²) in [5, 5.41) is 2.72. The number of hydrogen-bond donors (Lipinski definition) is 2. The monoisotopic (exact) mass is 431 g/mol. The van der Waals surface area contributed by atoms with Crippen molar-refractivity contribution in [3.05, 3.63) is 78.8 Å². The number of terminal acetylenes is 1. The largest absolute Gasteiger partial charge is 0.321 e. The maximum atomic E-state index is 12.6. The van der Waals surface area contributed by atoms with Crippen LogP contribution >= 0.6 is 0 Å². The van der Waals surface area contributed by atoms with Crippen LogP contribution < -0.4 is 10.0 Å². The molecule has 0 atom stereocenters. The van der Waals surface area contributed by atoms with E-state index in [1.807, 2.05) is 28.8 Å². The molecule has 0 spiro atoms. The number of aromatic nitrogens is 3. The highest BCUT2D eigenvalue weighted by Gasteiger charge is 2.16. The number of anilines is 1. The third kappa shape index (κ3) is 4.30. The predicted molar refractivity (Wildman–Crippen MR) is 117 cm³/mol. The van der Waals surface area contributed by atoms with Gasteiger partial charge in [0.05, 0.1) is 34.4 Å². The number of rotatable bonds is 6. The average molecular weight is 431 g/mol. The molecule has 2 N–H and O–H groups in total. The molecule has 4 aromatic rings. The lowest BCUT2D eigenvalue weighted by atomic mass is 10.2. The van der Waals surface area contributed by atoms with Crippen molar-refractivity contribution < 1.29 is 13.2 Å². The molecule has 0 bridgehead atoms. The van der Waals surface area contributed by atoms with Gasteiger partial charge in [0.2, 0.25) is 10.0 Å². The van der Waals surface area contributed by atoms with Crippen LogP contribution in [-0.2, 0) is 10.0 Å². The molecule has 1 amide bonds. The fourth-order valence-corrected chi connectivity index (χ4v) is 3.95. The second kappa shape index (κ2) is 8.39. The normalized spacial score (nSPS) is 11.2. The van der Waals surface area contributed by atoms with Crippen molar-refractivity contribution in [2.45, 2.75) is 4.90 Å². The predicted octanol–water partition coefficient (Wildman–Crippen LogP) is 2.58. The standard InChI is InChI=1S/C22H17N5O3S/c1-2-12-25-31(29,30)18-7-5-6-16(13-18)22(28)26-17-10-11-21(23-14-17)27-15-24-19-8-3-4-9-20(19)27/h1,3-11,13-15,25H,12H2,(H,26,28). The van der Waals surface area contributed by atoms with E-state index in [1.54, 1.807) is 18.5 Å². The van der Waals surface area contributed by atoms with Crippen molar-refractivity contribution in [2.75, 3.05) is 11.9 Å². The Labute approximate surface area is 179 Å². The Morgan fingerprint density at radius 3 is 2.68 bits per heavy atom. The van der Waals surface area contributed by atoms with Gasteiger partial charge in [0.25, 0.3) is 5.91 Å². The third-order valence-electron chi connectivity index (χ3n) is 4.48. The molecule has 2 aromatic carbocycles. The van der Waals surface area contributed by atoms with Gasteiger partial charge in [-0.1, -0.05) is 24.1 Å². The van der Waals surface area contributed by atoms with Gasteiger partial charge in [-0.25, -0.2) is 18.4 Å². The molecule has 2 aromatic heterocycles. The summed E-state index contributed by atoms with van der Waals surface area (Å²) in [6.07, 6.45) is 8.31. The number of carbonyl (C=O) groups is 1. The number of amides is 1. The highest BCUT2D eigenvalue weighted by molar-refractivity contribution is 7.89. The molecule has 2 heterocycles. The third-order valence-corrected chi connectivity index (χ3v) is 5.88. The van der Waals surface area contributed by atoms with E-state index in [1.165, 1.54) is 30.5 Å². The molecule has 8 nitrogen and oxygen atoms in total. The molecule has 0 saturated carbocycles. The van der Waals surface area contributed by atoms with E-state index in [2.05, 4.69) is 25.9 Å². The highest BCUT2D eigenvalue weighted by Crippen LogP contribution is 2.18. The Hall–Kier alpha value is -4.00. The van der Waals surface area contributed by atoms with Crippen molar-refractivity contribution in [2.24, 2.45) is 0 Å². The van der Waals surface area contributed by atoms with Gasteiger partial charge in [-0.15, -0.1) is 6.42 Å². The zero-order chi connectivity index (χ0) is 21.8. The first-order valence-corrected chi connectivity index (χ1v) is 10.7. The van der Waals surface area contributed by atoms with Gasteiger partial charge < -0.3 is 5.32 Å². The maximum Gasteiger partial charge on any atom is 0.255 e. The van der Waals surface area contributed by atoms with Gasteiger partial charge in [0.15, 0.2) is 0 Å². The Balaban J connectivity index is 1.52. The summed E-state index contributed by atoms with van der Waals surface area (Å²) in [5.74, 6) is 2.40. The van der Waals surface area contributed by atoms with Crippen molar-refractivity contribution in [1.82, 2.24) is 19.3 Å². The number of nitrogens with zero attached hydrogens (tertiary/aromatic N) is 3. The molecule has 0 radical (unpaired) electrons. The number of pyridine rings is 1. The first-order chi connectivity index (χ1) is 15.0. The van der Waals surface area contributed by atoms with E-state index < -0.39 is 15.9 Å². The van der Waals surface area contributed by atoms with E-state index in [-0.39, 0.29) is 17.0 Å². The minimum Gasteiger partial charge on any atom is -0.321 e. The average Bonchev–Trinajstić information content (AvgIpc) is 3.22. The Morgan fingerprint density at radius 1 is 1.06 bits per heavy atom. The molecule has 154 valence electrons. The number of nitrogens with one attached hydrogen (secondary N) is 2. The lowest BCUT2D eigenvalue weighted by Gasteiger charge is -2.09. The van der Waals surface area contributed by atoms with Crippen LogP contribution in [-0.4, -0.2) is 35.4 Å². The fourth-order valence-electron chi connectivity index (χ4n) is 2.97. The van der Waals surface area contributed by atoms with Crippen LogP contribution in [0.15, 0.2) is 78.1 Å². The summed E-state index contributed by atoms with van der Waals surface area (Å²) < 4.78 is 28.5. The summed E-state index contributed by atoms with van der Waals surface area (Å²) in [5.41, 5.74) is 2.43. The number of fused-ring (bicyclic) bond motifs is 1. The Bertz CT molecular complexity index is 1400. The van der Waals surface area contributed by atoms with Crippen LogP contribution in [0.4, 0.5) is 5.69 Å². The van der Waals surface area contributed by atoms with Crippen LogP contribution in [0.5, 0.6) is 0 Å². The summed E-state index contributed by atoms with van der Waals surface area (Å²) in [7, 11) is -3.79. The molecule has 0 aliphatic heterocycles. The van der Waals surface area contributed by atoms with Gasteiger partial charge in [-0.05, 0) is 42.5 Å². The van der Waals surface area contributed by atoms with Crippen LogP contribution in [0.2, 0.25) is 0 Å². The molecule has 0 unspecified atom stereocenters. The van der Waals surface area contributed by atoms with Gasteiger partial charge in [-0.2, -0.15) is 4.72 Å². The van der Waals surface area contributed by atoms with Crippen LogP contribution in [0.3, 0.4) is 0 Å².